The minimum Gasteiger partial charge on any atom is -0.435 e. The predicted octanol–water partition coefficient (Wildman–Crippen LogP) is 2.40. The third-order valence-electron chi connectivity index (χ3n) is 3.91. The zero-order valence-electron chi connectivity index (χ0n) is 12.8. The van der Waals surface area contributed by atoms with Crippen molar-refractivity contribution >= 4 is 0 Å². The molecule has 6 heteroatoms. The Morgan fingerprint density at radius 3 is 2.73 bits per heavy atom. The van der Waals surface area contributed by atoms with Crippen LogP contribution in [0.5, 0.6) is 5.75 Å². The lowest BCUT2D eigenvalue weighted by Gasteiger charge is -2.22. The summed E-state index contributed by atoms with van der Waals surface area (Å²) in [5, 5.41) is 13.3. The van der Waals surface area contributed by atoms with Gasteiger partial charge < -0.3 is 20.1 Å². The Morgan fingerprint density at radius 1 is 1.32 bits per heavy atom. The number of nitrogens with one attached hydrogen (secondary N) is 1. The van der Waals surface area contributed by atoms with E-state index in [1.54, 1.807) is 12.1 Å². The summed E-state index contributed by atoms with van der Waals surface area (Å²) in [5.74, 6) is 0.152. The fourth-order valence-electron chi connectivity index (χ4n) is 2.72. The van der Waals surface area contributed by atoms with Gasteiger partial charge in [-0.3, -0.25) is 0 Å². The van der Waals surface area contributed by atoms with E-state index in [4.69, 9.17) is 0 Å². The van der Waals surface area contributed by atoms with Gasteiger partial charge in [-0.1, -0.05) is 12.1 Å². The number of nitrogens with zero attached hydrogens (tertiary/aromatic N) is 1. The number of ether oxygens (including phenoxy) is 1. The number of alkyl halides is 2. The molecule has 1 aromatic rings. The summed E-state index contributed by atoms with van der Waals surface area (Å²) < 4.78 is 28.9. The van der Waals surface area contributed by atoms with E-state index in [2.05, 4.69) is 15.0 Å². The molecule has 0 saturated carbocycles. The first-order chi connectivity index (χ1) is 10.5. The van der Waals surface area contributed by atoms with E-state index in [9.17, 15) is 13.9 Å². The number of β-amino-alcohol motifs (C(OH)–C–C–N with tert-alkyl or cyclic N) is 1. The van der Waals surface area contributed by atoms with Crippen molar-refractivity contribution in [1.82, 2.24) is 10.2 Å². The van der Waals surface area contributed by atoms with Gasteiger partial charge in [-0.25, -0.2) is 0 Å². The van der Waals surface area contributed by atoms with Crippen LogP contribution in [0.15, 0.2) is 24.3 Å². The first kappa shape index (κ1) is 17.1. The number of likely N-dealkylation sites (tertiary alicyclic amines) is 1. The smallest absolute Gasteiger partial charge is 0.387 e. The van der Waals surface area contributed by atoms with Gasteiger partial charge in [0.15, 0.2) is 0 Å². The molecule has 2 N–H and O–H groups in total. The van der Waals surface area contributed by atoms with E-state index < -0.39 is 12.7 Å². The average Bonchev–Trinajstić information content (AvgIpc) is 2.97. The van der Waals surface area contributed by atoms with Crippen LogP contribution in [0.1, 0.15) is 31.4 Å². The topological polar surface area (TPSA) is 44.7 Å². The Kier molecular flexibility index (Phi) is 6.54. The molecule has 1 heterocycles. The Morgan fingerprint density at radius 2 is 2.05 bits per heavy atom. The van der Waals surface area contributed by atoms with Gasteiger partial charge in [0.05, 0.1) is 6.10 Å². The molecule has 22 heavy (non-hydrogen) atoms. The molecule has 0 bridgehead atoms. The molecule has 4 nitrogen and oxygen atoms in total. The van der Waals surface area contributed by atoms with Crippen molar-refractivity contribution in [2.45, 2.75) is 38.5 Å². The van der Waals surface area contributed by atoms with Crippen LogP contribution in [-0.4, -0.2) is 48.9 Å². The van der Waals surface area contributed by atoms with Gasteiger partial charge in [0, 0.05) is 19.1 Å². The Bertz CT molecular complexity index is 454. The molecule has 0 spiro atoms. The van der Waals surface area contributed by atoms with E-state index in [0.29, 0.717) is 13.1 Å². The zero-order chi connectivity index (χ0) is 15.9. The molecule has 124 valence electrons. The molecule has 1 fully saturated rings. The van der Waals surface area contributed by atoms with Crippen LogP contribution in [0.2, 0.25) is 0 Å². The van der Waals surface area contributed by atoms with E-state index in [1.807, 2.05) is 13.0 Å². The SMILES string of the molecule is CC(NCC(O)CN1CCCC1)c1cccc(OC(F)F)c1. The van der Waals surface area contributed by atoms with Crippen LogP contribution in [0.4, 0.5) is 8.78 Å². The number of halogens is 2. The number of aliphatic hydroxyl groups excluding tert-OH is 1. The number of aliphatic hydroxyl groups is 1. The Labute approximate surface area is 130 Å². The van der Waals surface area contributed by atoms with Crippen LogP contribution >= 0.6 is 0 Å². The fourth-order valence-corrected chi connectivity index (χ4v) is 2.72. The molecule has 0 aliphatic carbocycles. The van der Waals surface area contributed by atoms with Crippen LogP contribution in [0.25, 0.3) is 0 Å². The molecular weight excluding hydrogens is 290 g/mol. The molecule has 1 aliphatic rings. The summed E-state index contributed by atoms with van der Waals surface area (Å²) >= 11 is 0. The quantitative estimate of drug-likeness (QED) is 0.773. The van der Waals surface area contributed by atoms with Gasteiger partial charge in [-0.2, -0.15) is 8.78 Å². The third-order valence-corrected chi connectivity index (χ3v) is 3.91. The average molecular weight is 314 g/mol. The minimum absolute atomic E-state index is 0.0468. The van der Waals surface area contributed by atoms with Crippen molar-refractivity contribution in [1.29, 1.82) is 0 Å². The van der Waals surface area contributed by atoms with Gasteiger partial charge in [-0.05, 0) is 50.6 Å². The molecule has 0 radical (unpaired) electrons. The summed E-state index contributed by atoms with van der Waals surface area (Å²) in [6.45, 7) is 2.37. The molecule has 1 aromatic carbocycles. The zero-order valence-corrected chi connectivity index (χ0v) is 12.8. The van der Waals surface area contributed by atoms with Crippen LogP contribution in [0, 0.1) is 0 Å². The second-order valence-electron chi connectivity index (χ2n) is 5.74. The molecule has 1 aliphatic heterocycles. The van der Waals surface area contributed by atoms with Crippen LogP contribution < -0.4 is 10.1 Å². The van der Waals surface area contributed by atoms with Crippen LogP contribution in [0.3, 0.4) is 0 Å². The second-order valence-corrected chi connectivity index (χ2v) is 5.74. The van der Waals surface area contributed by atoms with Crippen molar-refractivity contribution in [3.05, 3.63) is 29.8 Å². The minimum atomic E-state index is -2.82. The van der Waals surface area contributed by atoms with Gasteiger partial charge in [0.1, 0.15) is 5.75 Å². The lowest BCUT2D eigenvalue weighted by molar-refractivity contribution is -0.0499. The standard InChI is InChI=1S/C16H24F2N2O2/c1-12(13-5-4-6-15(9-13)22-16(17)18)19-10-14(21)11-20-7-2-3-8-20/h4-6,9,12,14,16,19,21H,2-3,7-8,10-11H2,1H3. The molecular formula is C16H24F2N2O2. The van der Waals surface area contributed by atoms with Gasteiger partial charge in [0.25, 0.3) is 0 Å². The maximum absolute atomic E-state index is 12.2. The van der Waals surface area contributed by atoms with E-state index >= 15 is 0 Å². The molecule has 0 aromatic heterocycles. The van der Waals surface area contributed by atoms with Crippen molar-refractivity contribution in [2.24, 2.45) is 0 Å². The van der Waals surface area contributed by atoms with E-state index in [-0.39, 0.29) is 11.8 Å². The maximum Gasteiger partial charge on any atom is 0.387 e. The number of benzene rings is 1. The third kappa shape index (κ3) is 5.51. The molecule has 2 unspecified atom stereocenters. The summed E-state index contributed by atoms with van der Waals surface area (Å²) in [6.07, 6.45) is 1.97. The lowest BCUT2D eigenvalue weighted by atomic mass is 10.1. The van der Waals surface area contributed by atoms with Crippen molar-refractivity contribution in [2.75, 3.05) is 26.2 Å². The van der Waals surface area contributed by atoms with E-state index in [0.717, 1.165) is 18.7 Å². The van der Waals surface area contributed by atoms with Crippen molar-refractivity contribution < 1.29 is 18.6 Å². The monoisotopic (exact) mass is 314 g/mol. The second kappa shape index (κ2) is 8.41. The number of hydrogen-bond donors (Lipinski definition) is 2. The molecule has 2 atom stereocenters. The highest BCUT2D eigenvalue weighted by Gasteiger charge is 2.16. The van der Waals surface area contributed by atoms with Gasteiger partial charge in [0.2, 0.25) is 0 Å². The first-order valence-corrected chi connectivity index (χ1v) is 7.73. The Hall–Kier alpha value is -1.24. The number of rotatable bonds is 8. The normalized spacial score (nSPS) is 18.6. The first-order valence-electron chi connectivity index (χ1n) is 7.73. The summed E-state index contributed by atoms with van der Waals surface area (Å²) in [4.78, 5) is 2.26. The summed E-state index contributed by atoms with van der Waals surface area (Å²) in [5.41, 5.74) is 0.853. The lowest BCUT2D eigenvalue weighted by Crippen LogP contribution is -2.37. The predicted molar refractivity (Wildman–Crippen MR) is 81.2 cm³/mol. The molecule has 0 amide bonds. The summed E-state index contributed by atoms with van der Waals surface area (Å²) in [7, 11) is 0. The van der Waals surface area contributed by atoms with Crippen molar-refractivity contribution in [3.63, 3.8) is 0 Å². The van der Waals surface area contributed by atoms with Gasteiger partial charge in [-0.15, -0.1) is 0 Å². The molecule has 1 saturated heterocycles. The van der Waals surface area contributed by atoms with E-state index in [1.165, 1.54) is 18.9 Å². The number of hydrogen-bond acceptors (Lipinski definition) is 4. The molecule has 2 rings (SSSR count). The van der Waals surface area contributed by atoms with Gasteiger partial charge >= 0.3 is 6.61 Å². The fraction of sp³-hybridized carbons (Fsp3) is 0.625. The highest BCUT2D eigenvalue weighted by molar-refractivity contribution is 5.30. The van der Waals surface area contributed by atoms with Crippen LogP contribution in [-0.2, 0) is 0 Å². The Balaban J connectivity index is 1.79. The highest BCUT2D eigenvalue weighted by Crippen LogP contribution is 2.20. The largest absolute Gasteiger partial charge is 0.435 e. The summed E-state index contributed by atoms with van der Waals surface area (Å²) in [6, 6.07) is 6.59. The highest BCUT2D eigenvalue weighted by atomic mass is 19.3. The maximum atomic E-state index is 12.2. The van der Waals surface area contributed by atoms with Crippen molar-refractivity contribution in [3.8, 4) is 5.75 Å².